The van der Waals surface area contributed by atoms with Crippen LogP contribution in [0.5, 0.6) is 0 Å². The third-order valence-corrected chi connectivity index (χ3v) is 4.57. The van der Waals surface area contributed by atoms with Gasteiger partial charge in [-0.2, -0.15) is 0 Å². The van der Waals surface area contributed by atoms with E-state index in [2.05, 4.69) is 37.8 Å². The molecule has 2 N–H and O–H groups in total. The van der Waals surface area contributed by atoms with Crippen molar-refractivity contribution in [1.29, 1.82) is 0 Å². The van der Waals surface area contributed by atoms with Gasteiger partial charge in [0.05, 0.1) is 0 Å². The number of amides is 1. The molecule has 2 rings (SSSR count). The Balaban J connectivity index is 2.02. The minimum atomic E-state index is 0.0122. The summed E-state index contributed by atoms with van der Waals surface area (Å²) in [6, 6.07) is 0. The maximum absolute atomic E-state index is 12.8. The minimum absolute atomic E-state index is 0.0122. The average Bonchev–Trinajstić information content (AvgIpc) is 2.99. The van der Waals surface area contributed by atoms with Crippen LogP contribution >= 0.6 is 0 Å². The van der Waals surface area contributed by atoms with E-state index in [1.807, 2.05) is 0 Å². The molecule has 1 amide bonds. The molecule has 0 spiro atoms. The largest absolute Gasteiger partial charge is 0.342 e. The quantitative estimate of drug-likeness (QED) is 0.749. The van der Waals surface area contributed by atoms with Crippen LogP contribution in [0.1, 0.15) is 40.0 Å². The van der Waals surface area contributed by atoms with E-state index in [0.29, 0.717) is 24.3 Å². The van der Waals surface area contributed by atoms with E-state index in [9.17, 15) is 4.79 Å². The molecule has 2 bridgehead atoms. The lowest BCUT2D eigenvalue weighted by Crippen LogP contribution is -2.45. The van der Waals surface area contributed by atoms with Crippen LogP contribution in [-0.2, 0) is 4.79 Å². The Hall–Kier alpha value is -0.830. The standard InChI is InChI=1S/C16H28N2O/c1-4-7-18(11-16(2,3)10-17)15(19)14-9-12-5-6-13(14)8-12/h5-6,12-14H,4,7-11,17H2,1-3H3. The fourth-order valence-electron chi connectivity index (χ4n) is 3.42. The molecule has 108 valence electrons. The first-order valence-electron chi connectivity index (χ1n) is 7.64. The van der Waals surface area contributed by atoms with E-state index in [1.54, 1.807) is 0 Å². The number of nitrogens with two attached hydrogens (primary N) is 1. The summed E-state index contributed by atoms with van der Waals surface area (Å²) < 4.78 is 0. The molecule has 0 aromatic rings. The van der Waals surface area contributed by atoms with Crippen LogP contribution < -0.4 is 5.73 Å². The highest BCUT2D eigenvalue weighted by molar-refractivity contribution is 5.80. The van der Waals surface area contributed by atoms with Crippen LogP contribution in [0.3, 0.4) is 0 Å². The maximum atomic E-state index is 12.8. The van der Waals surface area contributed by atoms with Gasteiger partial charge in [0, 0.05) is 19.0 Å². The lowest BCUT2D eigenvalue weighted by atomic mass is 9.89. The number of rotatable bonds is 6. The van der Waals surface area contributed by atoms with Crippen LogP contribution in [0.2, 0.25) is 0 Å². The van der Waals surface area contributed by atoms with Crippen molar-refractivity contribution in [2.45, 2.75) is 40.0 Å². The molecule has 3 unspecified atom stereocenters. The second-order valence-corrected chi connectivity index (χ2v) is 7.01. The molecule has 0 saturated heterocycles. The molecule has 3 atom stereocenters. The predicted molar refractivity (Wildman–Crippen MR) is 78.6 cm³/mol. The van der Waals surface area contributed by atoms with Gasteiger partial charge in [0.25, 0.3) is 0 Å². The number of carbonyl (C=O) groups excluding carboxylic acids is 1. The van der Waals surface area contributed by atoms with Gasteiger partial charge < -0.3 is 10.6 Å². The predicted octanol–water partition coefficient (Wildman–Crippen LogP) is 2.42. The molecular weight excluding hydrogens is 236 g/mol. The van der Waals surface area contributed by atoms with E-state index in [0.717, 1.165) is 25.9 Å². The van der Waals surface area contributed by atoms with Crippen LogP contribution in [0, 0.1) is 23.2 Å². The van der Waals surface area contributed by atoms with Crippen molar-refractivity contribution < 1.29 is 4.79 Å². The van der Waals surface area contributed by atoms with Gasteiger partial charge in [0.2, 0.25) is 5.91 Å². The normalized spacial score (nSPS) is 28.9. The van der Waals surface area contributed by atoms with Crippen molar-refractivity contribution in [1.82, 2.24) is 4.90 Å². The summed E-state index contributed by atoms with van der Waals surface area (Å²) in [5.74, 6) is 1.75. The van der Waals surface area contributed by atoms with E-state index < -0.39 is 0 Å². The summed E-state index contributed by atoms with van der Waals surface area (Å²) in [6.45, 7) is 8.69. The first-order chi connectivity index (χ1) is 8.96. The molecule has 0 radical (unpaired) electrons. The van der Waals surface area contributed by atoms with Gasteiger partial charge in [-0.1, -0.05) is 32.9 Å². The summed E-state index contributed by atoms with van der Waals surface area (Å²) >= 11 is 0. The number of carbonyl (C=O) groups is 1. The fraction of sp³-hybridized carbons (Fsp3) is 0.812. The van der Waals surface area contributed by atoms with Crippen molar-refractivity contribution in [3.05, 3.63) is 12.2 Å². The summed E-state index contributed by atoms with van der Waals surface area (Å²) in [4.78, 5) is 14.8. The van der Waals surface area contributed by atoms with Crippen LogP contribution in [-0.4, -0.2) is 30.4 Å². The van der Waals surface area contributed by atoms with Gasteiger partial charge in [-0.3, -0.25) is 4.79 Å². The SMILES string of the molecule is CCCN(CC(C)(C)CN)C(=O)C1CC2C=CC1C2. The smallest absolute Gasteiger partial charge is 0.226 e. The third kappa shape index (κ3) is 3.19. The zero-order valence-corrected chi connectivity index (χ0v) is 12.6. The number of fused-ring (bicyclic) bond motifs is 2. The lowest BCUT2D eigenvalue weighted by Gasteiger charge is -2.34. The van der Waals surface area contributed by atoms with Gasteiger partial charge in [0.1, 0.15) is 0 Å². The Morgan fingerprint density at radius 1 is 1.37 bits per heavy atom. The second kappa shape index (κ2) is 5.66. The molecule has 19 heavy (non-hydrogen) atoms. The summed E-state index contributed by atoms with van der Waals surface area (Å²) in [7, 11) is 0. The number of nitrogens with zero attached hydrogens (tertiary/aromatic N) is 1. The Morgan fingerprint density at radius 2 is 2.11 bits per heavy atom. The Labute approximate surface area is 117 Å². The third-order valence-electron chi connectivity index (χ3n) is 4.57. The van der Waals surface area contributed by atoms with Crippen LogP contribution in [0.15, 0.2) is 12.2 Å². The molecular formula is C16H28N2O. The van der Waals surface area contributed by atoms with Gasteiger partial charge in [-0.05, 0) is 43.1 Å². The van der Waals surface area contributed by atoms with Gasteiger partial charge >= 0.3 is 0 Å². The molecule has 0 aliphatic heterocycles. The van der Waals surface area contributed by atoms with Gasteiger partial charge in [0.15, 0.2) is 0 Å². The summed E-state index contributed by atoms with van der Waals surface area (Å²) in [5, 5.41) is 0. The zero-order valence-electron chi connectivity index (χ0n) is 12.6. The highest BCUT2D eigenvalue weighted by Crippen LogP contribution is 2.44. The monoisotopic (exact) mass is 264 g/mol. The number of hydrogen-bond acceptors (Lipinski definition) is 2. The van der Waals surface area contributed by atoms with E-state index in [1.165, 1.54) is 6.42 Å². The Morgan fingerprint density at radius 3 is 2.58 bits per heavy atom. The van der Waals surface area contributed by atoms with Crippen molar-refractivity contribution in [2.75, 3.05) is 19.6 Å². The zero-order chi connectivity index (χ0) is 14.0. The minimum Gasteiger partial charge on any atom is -0.342 e. The maximum Gasteiger partial charge on any atom is 0.226 e. The van der Waals surface area contributed by atoms with Gasteiger partial charge in [-0.15, -0.1) is 0 Å². The molecule has 2 aliphatic rings. The van der Waals surface area contributed by atoms with Gasteiger partial charge in [-0.25, -0.2) is 0 Å². The van der Waals surface area contributed by atoms with E-state index in [-0.39, 0.29) is 11.3 Å². The molecule has 3 nitrogen and oxygen atoms in total. The molecule has 3 heteroatoms. The molecule has 1 fully saturated rings. The van der Waals surface area contributed by atoms with E-state index >= 15 is 0 Å². The first kappa shape index (κ1) is 14.6. The van der Waals surface area contributed by atoms with Crippen LogP contribution in [0.4, 0.5) is 0 Å². The highest BCUT2D eigenvalue weighted by atomic mass is 16.2. The molecule has 1 saturated carbocycles. The van der Waals surface area contributed by atoms with Crippen molar-refractivity contribution >= 4 is 5.91 Å². The van der Waals surface area contributed by atoms with Crippen LogP contribution in [0.25, 0.3) is 0 Å². The van der Waals surface area contributed by atoms with Crippen molar-refractivity contribution in [3.63, 3.8) is 0 Å². The molecule has 2 aliphatic carbocycles. The highest BCUT2D eigenvalue weighted by Gasteiger charge is 2.41. The molecule has 0 heterocycles. The Kier molecular flexibility index (Phi) is 4.34. The van der Waals surface area contributed by atoms with E-state index in [4.69, 9.17) is 5.73 Å². The Bertz CT molecular complexity index is 362. The first-order valence-corrected chi connectivity index (χ1v) is 7.64. The topological polar surface area (TPSA) is 46.3 Å². The second-order valence-electron chi connectivity index (χ2n) is 7.01. The average molecular weight is 264 g/mol. The fourth-order valence-corrected chi connectivity index (χ4v) is 3.42. The summed E-state index contributed by atoms with van der Waals surface area (Å²) in [5.41, 5.74) is 5.83. The number of allylic oxidation sites excluding steroid dienone is 2. The molecule has 0 aromatic heterocycles. The summed E-state index contributed by atoms with van der Waals surface area (Å²) in [6.07, 6.45) is 7.82. The van der Waals surface area contributed by atoms with Crippen molar-refractivity contribution in [3.8, 4) is 0 Å². The van der Waals surface area contributed by atoms with Crippen molar-refractivity contribution in [2.24, 2.45) is 28.9 Å². The lowest BCUT2D eigenvalue weighted by molar-refractivity contribution is -0.137. The number of hydrogen-bond donors (Lipinski definition) is 1. The molecule has 0 aromatic carbocycles.